The molecule has 1 rings (SSSR count). The van der Waals surface area contributed by atoms with E-state index in [9.17, 15) is 14.9 Å². The average Bonchev–Trinajstić information content (AvgIpc) is 2.24. The SMILES string of the molecule is CC(C)(C)CNC(=O)c1ccnc(Cl)c1[N+](=O)[O-]. The van der Waals surface area contributed by atoms with Crippen LogP contribution < -0.4 is 5.32 Å². The van der Waals surface area contributed by atoms with Crippen molar-refractivity contribution in [3.8, 4) is 0 Å². The maximum Gasteiger partial charge on any atom is 0.319 e. The summed E-state index contributed by atoms with van der Waals surface area (Å²) in [6.07, 6.45) is 1.27. The van der Waals surface area contributed by atoms with Crippen LogP contribution in [0, 0.1) is 15.5 Å². The minimum absolute atomic E-state index is 0.0794. The molecule has 6 nitrogen and oxygen atoms in total. The van der Waals surface area contributed by atoms with Crippen molar-refractivity contribution in [2.24, 2.45) is 5.41 Å². The van der Waals surface area contributed by atoms with Crippen molar-refractivity contribution in [1.29, 1.82) is 0 Å². The number of hydrogen-bond donors (Lipinski definition) is 1. The van der Waals surface area contributed by atoms with Gasteiger partial charge >= 0.3 is 5.69 Å². The number of nitro groups is 1. The van der Waals surface area contributed by atoms with Crippen molar-refractivity contribution in [3.63, 3.8) is 0 Å². The van der Waals surface area contributed by atoms with Gasteiger partial charge in [0.1, 0.15) is 5.56 Å². The highest BCUT2D eigenvalue weighted by atomic mass is 35.5. The summed E-state index contributed by atoms with van der Waals surface area (Å²) in [6.45, 7) is 6.24. The van der Waals surface area contributed by atoms with Gasteiger partial charge in [0.05, 0.1) is 4.92 Å². The van der Waals surface area contributed by atoms with Gasteiger partial charge in [-0.2, -0.15) is 0 Å². The Labute approximate surface area is 110 Å². The summed E-state index contributed by atoms with van der Waals surface area (Å²) in [5.74, 6) is -0.527. The molecule has 98 valence electrons. The van der Waals surface area contributed by atoms with Crippen LogP contribution >= 0.6 is 11.6 Å². The number of nitrogens with zero attached hydrogens (tertiary/aromatic N) is 2. The molecule has 0 atom stereocenters. The molecule has 0 aliphatic heterocycles. The minimum atomic E-state index is -0.707. The summed E-state index contributed by atoms with van der Waals surface area (Å²) in [5.41, 5.74) is -0.656. The van der Waals surface area contributed by atoms with Gasteiger partial charge < -0.3 is 5.32 Å². The van der Waals surface area contributed by atoms with Crippen molar-refractivity contribution in [3.05, 3.63) is 33.1 Å². The van der Waals surface area contributed by atoms with E-state index in [1.807, 2.05) is 20.8 Å². The molecule has 1 N–H and O–H groups in total. The van der Waals surface area contributed by atoms with Gasteiger partial charge in [-0.05, 0) is 11.5 Å². The molecule has 0 aromatic carbocycles. The molecule has 1 heterocycles. The zero-order chi connectivity index (χ0) is 13.9. The maximum atomic E-state index is 11.9. The van der Waals surface area contributed by atoms with Gasteiger partial charge in [0.25, 0.3) is 5.91 Å². The lowest BCUT2D eigenvalue weighted by Crippen LogP contribution is -2.32. The molecule has 18 heavy (non-hydrogen) atoms. The number of carbonyl (C=O) groups is 1. The minimum Gasteiger partial charge on any atom is -0.351 e. The topological polar surface area (TPSA) is 85.1 Å². The van der Waals surface area contributed by atoms with Gasteiger partial charge in [0.15, 0.2) is 0 Å². The molecule has 1 aromatic rings. The maximum absolute atomic E-state index is 11.9. The molecule has 0 radical (unpaired) electrons. The van der Waals surface area contributed by atoms with E-state index in [1.54, 1.807) is 0 Å². The fraction of sp³-hybridized carbons (Fsp3) is 0.455. The molecule has 1 aromatic heterocycles. The second-order valence-electron chi connectivity index (χ2n) is 5.00. The first-order chi connectivity index (χ1) is 8.22. The Morgan fingerprint density at radius 1 is 1.56 bits per heavy atom. The quantitative estimate of drug-likeness (QED) is 0.520. The predicted molar refractivity (Wildman–Crippen MR) is 67.7 cm³/mol. The molecule has 0 saturated carbocycles. The van der Waals surface area contributed by atoms with Gasteiger partial charge in [-0.25, -0.2) is 4.98 Å². The highest BCUT2D eigenvalue weighted by Crippen LogP contribution is 2.26. The third-order valence-corrected chi connectivity index (χ3v) is 2.36. The summed E-state index contributed by atoms with van der Waals surface area (Å²) < 4.78 is 0. The van der Waals surface area contributed by atoms with E-state index < -0.39 is 16.5 Å². The summed E-state index contributed by atoms with van der Waals surface area (Å²) in [5, 5.41) is 13.2. The Bertz CT molecular complexity index is 483. The highest BCUT2D eigenvalue weighted by molar-refractivity contribution is 6.32. The first-order valence-corrected chi connectivity index (χ1v) is 5.67. The Balaban J connectivity index is 3.00. The fourth-order valence-corrected chi connectivity index (χ4v) is 1.45. The van der Waals surface area contributed by atoms with Crippen molar-refractivity contribution >= 4 is 23.2 Å². The van der Waals surface area contributed by atoms with Crippen LogP contribution in [-0.4, -0.2) is 22.4 Å². The number of carbonyl (C=O) groups excluding carboxylic acids is 1. The van der Waals surface area contributed by atoms with Gasteiger partial charge in [-0.3, -0.25) is 14.9 Å². The van der Waals surface area contributed by atoms with Crippen molar-refractivity contribution in [1.82, 2.24) is 10.3 Å². The average molecular weight is 272 g/mol. The van der Waals surface area contributed by atoms with Gasteiger partial charge in [0, 0.05) is 12.7 Å². The van der Waals surface area contributed by atoms with Crippen molar-refractivity contribution in [2.45, 2.75) is 20.8 Å². The third kappa shape index (κ3) is 3.66. The van der Waals surface area contributed by atoms with Crippen LogP contribution in [0.4, 0.5) is 5.69 Å². The van der Waals surface area contributed by atoms with E-state index in [1.165, 1.54) is 12.3 Å². The Morgan fingerprint density at radius 3 is 2.67 bits per heavy atom. The van der Waals surface area contributed by atoms with E-state index in [4.69, 9.17) is 11.6 Å². The molecular formula is C11H14ClN3O3. The van der Waals surface area contributed by atoms with E-state index in [-0.39, 0.29) is 16.1 Å². The van der Waals surface area contributed by atoms with Crippen molar-refractivity contribution in [2.75, 3.05) is 6.54 Å². The number of nitrogens with one attached hydrogen (secondary N) is 1. The molecular weight excluding hydrogens is 258 g/mol. The zero-order valence-electron chi connectivity index (χ0n) is 10.4. The second kappa shape index (κ2) is 5.30. The Kier molecular flexibility index (Phi) is 4.24. The lowest BCUT2D eigenvalue weighted by molar-refractivity contribution is -0.385. The van der Waals surface area contributed by atoms with Crippen molar-refractivity contribution < 1.29 is 9.72 Å². The summed E-state index contributed by atoms with van der Waals surface area (Å²) in [7, 11) is 0. The van der Waals surface area contributed by atoms with Gasteiger partial charge in [0.2, 0.25) is 5.15 Å². The summed E-state index contributed by atoms with van der Waals surface area (Å²) in [6, 6.07) is 1.28. The molecule has 0 spiro atoms. The lowest BCUT2D eigenvalue weighted by atomic mass is 9.97. The Hall–Kier alpha value is -1.69. The molecule has 0 aliphatic carbocycles. The lowest BCUT2D eigenvalue weighted by Gasteiger charge is -2.18. The predicted octanol–water partition coefficient (Wildman–Crippen LogP) is 2.42. The normalized spacial score (nSPS) is 11.1. The Morgan fingerprint density at radius 2 is 2.17 bits per heavy atom. The van der Waals surface area contributed by atoms with Gasteiger partial charge in [-0.1, -0.05) is 32.4 Å². The third-order valence-electron chi connectivity index (χ3n) is 2.09. The number of halogens is 1. The molecule has 0 fully saturated rings. The molecule has 0 saturated heterocycles. The van der Waals surface area contributed by atoms with Crippen LogP contribution in [0.2, 0.25) is 5.15 Å². The first-order valence-electron chi connectivity index (χ1n) is 5.29. The number of hydrogen-bond acceptors (Lipinski definition) is 4. The summed E-state index contributed by atoms with van der Waals surface area (Å²) in [4.78, 5) is 25.6. The monoisotopic (exact) mass is 271 g/mol. The molecule has 1 amide bonds. The van der Waals surface area contributed by atoms with Crippen LogP contribution in [-0.2, 0) is 0 Å². The fourth-order valence-electron chi connectivity index (χ4n) is 1.23. The van der Waals surface area contributed by atoms with E-state index in [0.717, 1.165) is 0 Å². The highest BCUT2D eigenvalue weighted by Gasteiger charge is 2.25. The van der Waals surface area contributed by atoms with Crippen LogP contribution in [0.5, 0.6) is 0 Å². The molecule has 0 unspecified atom stereocenters. The second-order valence-corrected chi connectivity index (χ2v) is 5.36. The number of aromatic nitrogens is 1. The van der Waals surface area contributed by atoms with Crippen LogP contribution in [0.15, 0.2) is 12.3 Å². The first kappa shape index (κ1) is 14.4. The van der Waals surface area contributed by atoms with Crippen LogP contribution in [0.25, 0.3) is 0 Å². The van der Waals surface area contributed by atoms with Gasteiger partial charge in [-0.15, -0.1) is 0 Å². The number of rotatable bonds is 3. The standard InChI is InChI=1S/C11H14ClN3O3/c1-11(2,3)6-14-10(16)7-4-5-13-9(12)8(7)15(17)18/h4-5H,6H2,1-3H3,(H,14,16). The molecule has 0 aliphatic rings. The zero-order valence-corrected chi connectivity index (χ0v) is 11.1. The largest absolute Gasteiger partial charge is 0.351 e. The number of pyridine rings is 1. The van der Waals surface area contributed by atoms with E-state index in [0.29, 0.717) is 6.54 Å². The summed E-state index contributed by atoms with van der Waals surface area (Å²) >= 11 is 5.63. The number of amides is 1. The molecule has 7 heteroatoms. The van der Waals surface area contributed by atoms with E-state index >= 15 is 0 Å². The van der Waals surface area contributed by atoms with E-state index in [2.05, 4.69) is 10.3 Å². The smallest absolute Gasteiger partial charge is 0.319 e. The van der Waals surface area contributed by atoms with Crippen LogP contribution in [0.1, 0.15) is 31.1 Å². The molecule has 0 bridgehead atoms. The van der Waals surface area contributed by atoms with Crippen LogP contribution in [0.3, 0.4) is 0 Å².